The Balaban J connectivity index is 2.14. The number of nitrogens with zero attached hydrogens (tertiary/aromatic N) is 2. The van der Waals surface area contributed by atoms with Crippen molar-refractivity contribution in [2.45, 2.75) is 37.6 Å². The molecule has 0 aliphatic heterocycles. The van der Waals surface area contributed by atoms with E-state index in [1.807, 2.05) is 0 Å². The van der Waals surface area contributed by atoms with Gasteiger partial charge >= 0.3 is 0 Å². The summed E-state index contributed by atoms with van der Waals surface area (Å²) in [6.07, 6.45) is 4.27. The molecule has 0 saturated heterocycles. The average Bonchev–Trinajstić information content (AvgIpc) is 2.98. The highest BCUT2D eigenvalue weighted by Gasteiger charge is 2.14. The van der Waals surface area contributed by atoms with Crippen molar-refractivity contribution in [1.29, 1.82) is 0 Å². The second-order valence-electron chi connectivity index (χ2n) is 4.59. The second-order valence-corrected chi connectivity index (χ2v) is 6.48. The van der Waals surface area contributed by atoms with Crippen LogP contribution in [0.25, 0.3) is 10.6 Å². The van der Waals surface area contributed by atoms with E-state index in [4.69, 9.17) is 0 Å². The van der Waals surface area contributed by atoms with Gasteiger partial charge in [0.25, 0.3) is 0 Å². The summed E-state index contributed by atoms with van der Waals surface area (Å²) in [7, 11) is 0. The molecule has 3 nitrogen and oxygen atoms in total. The maximum Gasteiger partial charge on any atom is 0.147 e. The summed E-state index contributed by atoms with van der Waals surface area (Å²) in [6, 6.07) is 8.83. The van der Waals surface area contributed by atoms with Gasteiger partial charge in [-0.3, -0.25) is 0 Å². The van der Waals surface area contributed by atoms with E-state index in [0.29, 0.717) is 6.04 Å². The second kappa shape index (κ2) is 7.76. The molecule has 2 rings (SSSR count). The number of nitrogens with one attached hydrogen (secondary N) is 1. The third-order valence-corrected chi connectivity index (χ3v) is 4.95. The SMILES string of the molecule is CCCNC(CC)c1nnc(-c2ccc(SC)cc2)s1. The van der Waals surface area contributed by atoms with E-state index < -0.39 is 0 Å². The first kappa shape index (κ1) is 15.5. The molecule has 0 aliphatic rings. The summed E-state index contributed by atoms with van der Waals surface area (Å²) >= 11 is 3.44. The number of hydrogen-bond acceptors (Lipinski definition) is 5. The molecular formula is C15H21N3S2. The molecule has 0 spiro atoms. The summed E-state index contributed by atoms with van der Waals surface area (Å²) in [4.78, 5) is 1.27. The van der Waals surface area contributed by atoms with Gasteiger partial charge in [-0.15, -0.1) is 22.0 Å². The Hall–Kier alpha value is -0.910. The van der Waals surface area contributed by atoms with E-state index in [1.165, 1.54) is 4.90 Å². The van der Waals surface area contributed by atoms with Gasteiger partial charge in [0.05, 0.1) is 6.04 Å². The molecular weight excluding hydrogens is 286 g/mol. The maximum absolute atomic E-state index is 4.36. The quantitative estimate of drug-likeness (QED) is 0.770. The van der Waals surface area contributed by atoms with Gasteiger partial charge in [-0.2, -0.15) is 0 Å². The van der Waals surface area contributed by atoms with Crippen LogP contribution in [-0.4, -0.2) is 23.0 Å². The van der Waals surface area contributed by atoms with Crippen LogP contribution in [0, 0.1) is 0 Å². The molecule has 1 atom stereocenters. The van der Waals surface area contributed by atoms with E-state index in [1.54, 1.807) is 23.1 Å². The Kier molecular flexibility index (Phi) is 6.01. The number of hydrogen-bond donors (Lipinski definition) is 1. The highest BCUT2D eigenvalue weighted by Crippen LogP contribution is 2.29. The topological polar surface area (TPSA) is 37.8 Å². The van der Waals surface area contributed by atoms with Crippen LogP contribution in [0.5, 0.6) is 0 Å². The van der Waals surface area contributed by atoms with Crippen molar-refractivity contribution in [3.8, 4) is 10.6 Å². The Morgan fingerprint density at radius 2 is 1.95 bits per heavy atom. The summed E-state index contributed by atoms with van der Waals surface area (Å²) in [5.41, 5.74) is 1.15. The first-order valence-electron chi connectivity index (χ1n) is 6.99. The van der Waals surface area contributed by atoms with Crippen LogP contribution in [0.4, 0.5) is 0 Å². The van der Waals surface area contributed by atoms with Gasteiger partial charge < -0.3 is 5.32 Å². The number of rotatable bonds is 7. The molecule has 1 unspecified atom stereocenters. The van der Waals surface area contributed by atoms with Crippen LogP contribution in [0.2, 0.25) is 0 Å². The lowest BCUT2D eigenvalue weighted by molar-refractivity contribution is 0.513. The first-order chi connectivity index (χ1) is 9.78. The molecule has 0 bridgehead atoms. The summed E-state index contributed by atoms with van der Waals surface area (Å²) in [5.74, 6) is 0. The minimum atomic E-state index is 0.326. The van der Waals surface area contributed by atoms with E-state index in [-0.39, 0.29) is 0 Å². The van der Waals surface area contributed by atoms with Gasteiger partial charge in [0.15, 0.2) is 0 Å². The fourth-order valence-electron chi connectivity index (χ4n) is 1.95. The lowest BCUT2D eigenvalue weighted by atomic mass is 10.2. The molecule has 0 amide bonds. The van der Waals surface area contributed by atoms with Crippen molar-refractivity contribution in [2.24, 2.45) is 0 Å². The van der Waals surface area contributed by atoms with Gasteiger partial charge in [0.2, 0.25) is 0 Å². The van der Waals surface area contributed by atoms with Crippen molar-refractivity contribution in [1.82, 2.24) is 15.5 Å². The Morgan fingerprint density at radius 1 is 1.20 bits per heavy atom. The van der Waals surface area contributed by atoms with Gasteiger partial charge in [0, 0.05) is 10.5 Å². The highest BCUT2D eigenvalue weighted by molar-refractivity contribution is 7.98. The molecule has 1 aromatic carbocycles. The average molecular weight is 307 g/mol. The Bertz CT molecular complexity index is 522. The van der Waals surface area contributed by atoms with Crippen molar-refractivity contribution in [3.05, 3.63) is 29.3 Å². The largest absolute Gasteiger partial charge is 0.308 e. The van der Waals surface area contributed by atoms with Crippen LogP contribution in [0.3, 0.4) is 0 Å². The Morgan fingerprint density at radius 3 is 2.55 bits per heavy atom. The van der Waals surface area contributed by atoms with E-state index in [9.17, 15) is 0 Å². The molecule has 2 aromatic rings. The molecule has 5 heteroatoms. The van der Waals surface area contributed by atoms with Crippen molar-refractivity contribution >= 4 is 23.1 Å². The van der Waals surface area contributed by atoms with Crippen molar-refractivity contribution in [2.75, 3.05) is 12.8 Å². The molecule has 0 aliphatic carbocycles. The van der Waals surface area contributed by atoms with Gasteiger partial charge in [-0.1, -0.05) is 37.3 Å². The predicted molar refractivity (Wildman–Crippen MR) is 88.5 cm³/mol. The molecule has 0 radical (unpaired) electrons. The molecule has 1 N–H and O–H groups in total. The number of aromatic nitrogens is 2. The minimum Gasteiger partial charge on any atom is -0.308 e. The lowest BCUT2D eigenvalue weighted by Crippen LogP contribution is -2.21. The van der Waals surface area contributed by atoms with Crippen LogP contribution in [-0.2, 0) is 0 Å². The first-order valence-corrected chi connectivity index (χ1v) is 9.03. The van der Waals surface area contributed by atoms with Crippen molar-refractivity contribution in [3.63, 3.8) is 0 Å². The summed E-state index contributed by atoms with van der Waals surface area (Å²) in [6.45, 7) is 5.38. The van der Waals surface area contributed by atoms with E-state index in [0.717, 1.165) is 35.0 Å². The smallest absolute Gasteiger partial charge is 0.147 e. The third-order valence-electron chi connectivity index (χ3n) is 3.12. The summed E-state index contributed by atoms with van der Waals surface area (Å²) in [5, 5.41) is 14.3. The van der Waals surface area contributed by atoms with Gasteiger partial charge in [-0.05, 0) is 37.8 Å². The van der Waals surface area contributed by atoms with Crippen LogP contribution in [0.1, 0.15) is 37.7 Å². The van der Waals surface area contributed by atoms with Crippen LogP contribution >= 0.6 is 23.1 Å². The maximum atomic E-state index is 4.36. The fourth-order valence-corrected chi connectivity index (χ4v) is 3.37. The lowest BCUT2D eigenvalue weighted by Gasteiger charge is -2.12. The normalized spacial score (nSPS) is 12.6. The van der Waals surface area contributed by atoms with Gasteiger partial charge in [0.1, 0.15) is 10.0 Å². The molecule has 0 saturated carbocycles. The van der Waals surface area contributed by atoms with Crippen molar-refractivity contribution < 1.29 is 0 Å². The molecule has 1 heterocycles. The number of benzene rings is 1. The third kappa shape index (κ3) is 3.81. The van der Waals surface area contributed by atoms with E-state index in [2.05, 4.69) is 59.9 Å². The van der Waals surface area contributed by atoms with Crippen LogP contribution < -0.4 is 5.32 Å². The summed E-state index contributed by atoms with van der Waals surface area (Å²) < 4.78 is 0. The monoisotopic (exact) mass is 307 g/mol. The molecule has 108 valence electrons. The zero-order valence-corrected chi connectivity index (χ0v) is 13.9. The van der Waals surface area contributed by atoms with Gasteiger partial charge in [-0.25, -0.2) is 0 Å². The predicted octanol–water partition coefficient (Wildman–Crippen LogP) is 4.38. The van der Waals surface area contributed by atoms with Crippen LogP contribution in [0.15, 0.2) is 29.2 Å². The number of thioether (sulfide) groups is 1. The molecule has 0 fully saturated rings. The fraction of sp³-hybridized carbons (Fsp3) is 0.467. The standard InChI is InChI=1S/C15H21N3S2/c1-4-10-16-13(5-2)15-18-17-14(20-15)11-6-8-12(19-3)9-7-11/h6-9,13,16H,4-5,10H2,1-3H3. The zero-order valence-electron chi connectivity index (χ0n) is 12.2. The minimum absolute atomic E-state index is 0.326. The van der Waals surface area contributed by atoms with E-state index >= 15 is 0 Å². The zero-order chi connectivity index (χ0) is 14.4. The molecule has 1 aromatic heterocycles. The molecule has 20 heavy (non-hydrogen) atoms. The Labute approximate surface area is 129 Å². The highest BCUT2D eigenvalue weighted by atomic mass is 32.2.